The zero-order valence-corrected chi connectivity index (χ0v) is 8.88. The Morgan fingerprint density at radius 1 is 1.38 bits per heavy atom. The molecule has 0 spiro atoms. The van der Waals surface area contributed by atoms with Gasteiger partial charge in [0, 0.05) is 19.5 Å². The molecule has 0 radical (unpaired) electrons. The summed E-state index contributed by atoms with van der Waals surface area (Å²) in [6, 6.07) is 0. The molecule has 2 nitrogen and oxygen atoms in total. The summed E-state index contributed by atoms with van der Waals surface area (Å²) in [6.07, 6.45) is 5.57. The van der Waals surface area contributed by atoms with Gasteiger partial charge in [0.05, 0.1) is 0 Å². The zero-order valence-electron chi connectivity index (χ0n) is 8.88. The molecular formula is C11H21NO. The molecule has 0 aromatic rings. The Balaban J connectivity index is 2.28. The third-order valence-electron chi connectivity index (χ3n) is 2.77. The van der Waals surface area contributed by atoms with E-state index in [1.54, 1.807) is 0 Å². The van der Waals surface area contributed by atoms with Crippen LogP contribution >= 0.6 is 0 Å². The van der Waals surface area contributed by atoms with Gasteiger partial charge >= 0.3 is 0 Å². The molecule has 1 amide bonds. The van der Waals surface area contributed by atoms with Gasteiger partial charge in [-0.15, -0.1) is 0 Å². The van der Waals surface area contributed by atoms with Crippen LogP contribution in [-0.4, -0.2) is 23.9 Å². The van der Waals surface area contributed by atoms with Crippen molar-refractivity contribution < 1.29 is 4.79 Å². The highest BCUT2D eigenvalue weighted by atomic mass is 16.2. The van der Waals surface area contributed by atoms with E-state index in [1.807, 2.05) is 4.90 Å². The molecule has 1 rings (SSSR count). The van der Waals surface area contributed by atoms with Crippen LogP contribution in [0.3, 0.4) is 0 Å². The van der Waals surface area contributed by atoms with Crippen LogP contribution in [0.2, 0.25) is 0 Å². The molecule has 1 aliphatic heterocycles. The van der Waals surface area contributed by atoms with E-state index in [0.717, 1.165) is 25.9 Å². The fraction of sp³-hybridized carbons (Fsp3) is 0.909. The van der Waals surface area contributed by atoms with E-state index in [2.05, 4.69) is 13.8 Å². The van der Waals surface area contributed by atoms with Gasteiger partial charge in [-0.2, -0.15) is 0 Å². The Bertz CT molecular complexity index is 167. The SMILES string of the molecule is CCCCN1CC(CCC)CC1=O. The maximum absolute atomic E-state index is 11.5. The summed E-state index contributed by atoms with van der Waals surface area (Å²) in [4.78, 5) is 13.5. The first-order valence-electron chi connectivity index (χ1n) is 5.55. The number of amides is 1. The highest BCUT2D eigenvalue weighted by Gasteiger charge is 2.27. The lowest BCUT2D eigenvalue weighted by Crippen LogP contribution is -2.26. The van der Waals surface area contributed by atoms with Crippen molar-refractivity contribution >= 4 is 5.91 Å². The van der Waals surface area contributed by atoms with Crippen molar-refractivity contribution in [2.75, 3.05) is 13.1 Å². The van der Waals surface area contributed by atoms with E-state index in [4.69, 9.17) is 0 Å². The number of unbranched alkanes of at least 4 members (excludes halogenated alkanes) is 1. The highest BCUT2D eigenvalue weighted by molar-refractivity contribution is 5.78. The fourth-order valence-electron chi connectivity index (χ4n) is 2.02. The second-order valence-electron chi connectivity index (χ2n) is 4.05. The van der Waals surface area contributed by atoms with Crippen molar-refractivity contribution in [3.8, 4) is 0 Å². The molecule has 1 saturated heterocycles. The van der Waals surface area contributed by atoms with Crippen LogP contribution in [0.15, 0.2) is 0 Å². The Hall–Kier alpha value is -0.530. The van der Waals surface area contributed by atoms with Crippen LogP contribution in [0.1, 0.15) is 46.0 Å². The number of carbonyl (C=O) groups excluding carboxylic acids is 1. The van der Waals surface area contributed by atoms with Crippen LogP contribution in [0.5, 0.6) is 0 Å². The number of hydrogen-bond donors (Lipinski definition) is 0. The van der Waals surface area contributed by atoms with Crippen LogP contribution < -0.4 is 0 Å². The maximum atomic E-state index is 11.5. The first-order valence-corrected chi connectivity index (χ1v) is 5.55. The molecule has 1 atom stereocenters. The quantitative estimate of drug-likeness (QED) is 0.641. The van der Waals surface area contributed by atoms with Crippen molar-refractivity contribution in [3.05, 3.63) is 0 Å². The largest absolute Gasteiger partial charge is 0.342 e. The molecule has 0 N–H and O–H groups in total. The Morgan fingerprint density at radius 3 is 2.77 bits per heavy atom. The van der Waals surface area contributed by atoms with Crippen molar-refractivity contribution in [3.63, 3.8) is 0 Å². The smallest absolute Gasteiger partial charge is 0.222 e. The molecular weight excluding hydrogens is 162 g/mol. The third-order valence-corrected chi connectivity index (χ3v) is 2.77. The molecule has 0 saturated carbocycles. The molecule has 1 aliphatic rings. The van der Waals surface area contributed by atoms with E-state index >= 15 is 0 Å². The van der Waals surface area contributed by atoms with E-state index in [-0.39, 0.29) is 0 Å². The summed E-state index contributed by atoms with van der Waals surface area (Å²) in [6.45, 7) is 6.37. The molecule has 0 aromatic heterocycles. The summed E-state index contributed by atoms with van der Waals surface area (Å²) in [5.41, 5.74) is 0. The maximum Gasteiger partial charge on any atom is 0.222 e. The lowest BCUT2D eigenvalue weighted by Gasteiger charge is -2.15. The minimum atomic E-state index is 0.381. The van der Waals surface area contributed by atoms with Crippen molar-refractivity contribution in [1.29, 1.82) is 0 Å². The highest BCUT2D eigenvalue weighted by Crippen LogP contribution is 2.22. The van der Waals surface area contributed by atoms with Crippen molar-refractivity contribution in [1.82, 2.24) is 4.90 Å². The van der Waals surface area contributed by atoms with Crippen LogP contribution in [0, 0.1) is 5.92 Å². The normalized spacial score (nSPS) is 22.8. The van der Waals surface area contributed by atoms with Gasteiger partial charge in [0.15, 0.2) is 0 Å². The number of hydrogen-bond acceptors (Lipinski definition) is 1. The third kappa shape index (κ3) is 3.02. The van der Waals surface area contributed by atoms with Gasteiger partial charge < -0.3 is 4.90 Å². The summed E-state index contributed by atoms with van der Waals surface area (Å²) in [5.74, 6) is 1.03. The molecule has 76 valence electrons. The summed E-state index contributed by atoms with van der Waals surface area (Å²) < 4.78 is 0. The van der Waals surface area contributed by atoms with Gasteiger partial charge in [-0.25, -0.2) is 0 Å². The summed E-state index contributed by atoms with van der Waals surface area (Å²) in [7, 11) is 0. The Kier molecular flexibility index (Phi) is 4.26. The molecule has 0 bridgehead atoms. The average molecular weight is 183 g/mol. The van der Waals surface area contributed by atoms with Crippen LogP contribution in [0.4, 0.5) is 0 Å². The second-order valence-corrected chi connectivity index (χ2v) is 4.05. The molecule has 0 aromatic carbocycles. The van der Waals surface area contributed by atoms with Gasteiger partial charge in [-0.1, -0.05) is 26.7 Å². The molecule has 1 unspecified atom stereocenters. The van der Waals surface area contributed by atoms with Gasteiger partial charge in [0.1, 0.15) is 0 Å². The average Bonchev–Trinajstić information content (AvgIpc) is 2.44. The first-order chi connectivity index (χ1) is 6.27. The second kappa shape index (κ2) is 5.25. The van der Waals surface area contributed by atoms with E-state index < -0.39 is 0 Å². The topological polar surface area (TPSA) is 20.3 Å². The molecule has 0 aliphatic carbocycles. The summed E-state index contributed by atoms with van der Waals surface area (Å²) >= 11 is 0. The van der Waals surface area contributed by atoms with E-state index in [0.29, 0.717) is 11.8 Å². The van der Waals surface area contributed by atoms with E-state index in [9.17, 15) is 4.79 Å². The number of nitrogens with zero attached hydrogens (tertiary/aromatic N) is 1. The predicted molar refractivity (Wildman–Crippen MR) is 54.5 cm³/mol. The van der Waals surface area contributed by atoms with Crippen LogP contribution in [-0.2, 0) is 4.79 Å². The number of likely N-dealkylation sites (tertiary alicyclic amines) is 1. The molecule has 1 fully saturated rings. The first kappa shape index (κ1) is 10.6. The van der Waals surface area contributed by atoms with Crippen LogP contribution in [0.25, 0.3) is 0 Å². The lowest BCUT2D eigenvalue weighted by molar-refractivity contribution is -0.127. The van der Waals surface area contributed by atoms with Gasteiger partial charge in [-0.3, -0.25) is 4.79 Å². The predicted octanol–water partition coefficient (Wildman–Crippen LogP) is 2.44. The molecule has 13 heavy (non-hydrogen) atoms. The van der Waals surface area contributed by atoms with Gasteiger partial charge in [0.25, 0.3) is 0 Å². The van der Waals surface area contributed by atoms with Gasteiger partial charge in [0.2, 0.25) is 5.91 Å². The summed E-state index contributed by atoms with van der Waals surface area (Å²) in [5, 5.41) is 0. The molecule has 1 heterocycles. The monoisotopic (exact) mass is 183 g/mol. The minimum absolute atomic E-state index is 0.381. The Morgan fingerprint density at radius 2 is 2.15 bits per heavy atom. The minimum Gasteiger partial charge on any atom is -0.342 e. The number of carbonyl (C=O) groups is 1. The van der Waals surface area contributed by atoms with Crippen molar-refractivity contribution in [2.45, 2.75) is 46.0 Å². The van der Waals surface area contributed by atoms with E-state index in [1.165, 1.54) is 19.3 Å². The Labute approximate surface area is 81.3 Å². The van der Waals surface area contributed by atoms with Crippen molar-refractivity contribution in [2.24, 2.45) is 5.92 Å². The molecule has 2 heteroatoms. The standard InChI is InChI=1S/C11H21NO/c1-3-5-7-12-9-10(6-4-2)8-11(12)13/h10H,3-9H2,1-2H3. The lowest BCUT2D eigenvalue weighted by atomic mass is 10.0. The number of rotatable bonds is 5. The fourth-order valence-corrected chi connectivity index (χ4v) is 2.02. The van der Waals surface area contributed by atoms with Gasteiger partial charge in [-0.05, 0) is 18.8 Å². The zero-order chi connectivity index (χ0) is 9.68.